The van der Waals surface area contributed by atoms with Crippen molar-refractivity contribution < 1.29 is 23.8 Å². The highest BCUT2D eigenvalue weighted by Crippen LogP contribution is 2.29. The zero-order valence-electron chi connectivity index (χ0n) is 19.3. The number of hydrogen-bond donors (Lipinski definition) is 0. The number of likely N-dealkylation sites (tertiary alicyclic amines) is 1. The number of piperidine rings is 1. The van der Waals surface area contributed by atoms with Gasteiger partial charge in [-0.3, -0.25) is 9.59 Å². The Morgan fingerprint density at radius 1 is 1.00 bits per heavy atom. The van der Waals surface area contributed by atoms with E-state index in [-0.39, 0.29) is 24.3 Å². The second-order valence-electron chi connectivity index (χ2n) is 8.05. The van der Waals surface area contributed by atoms with Gasteiger partial charge < -0.3 is 19.1 Å². The Balaban J connectivity index is 1.56. The van der Waals surface area contributed by atoms with E-state index in [9.17, 15) is 9.59 Å². The third kappa shape index (κ3) is 6.02. The minimum Gasteiger partial charge on any atom is -0.493 e. The number of amides is 1. The van der Waals surface area contributed by atoms with Gasteiger partial charge in [-0.1, -0.05) is 13.0 Å². The Labute approximate surface area is 190 Å². The van der Waals surface area contributed by atoms with Crippen LogP contribution in [0.15, 0.2) is 42.5 Å². The van der Waals surface area contributed by atoms with E-state index in [2.05, 4.69) is 0 Å². The fourth-order valence-corrected chi connectivity index (χ4v) is 4.17. The van der Waals surface area contributed by atoms with Gasteiger partial charge in [-0.2, -0.15) is 0 Å². The molecule has 6 nitrogen and oxygen atoms in total. The summed E-state index contributed by atoms with van der Waals surface area (Å²) in [5, 5.41) is 0. The average Bonchev–Trinajstić information content (AvgIpc) is 2.85. The fourth-order valence-electron chi connectivity index (χ4n) is 4.17. The maximum absolute atomic E-state index is 12.9. The molecule has 1 aliphatic heterocycles. The number of ketones is 1. The summed E-state index contributed by atoms with van der Waals surface area (Å²) in [7, 11) is 3.27. The van der Waals surface area contributed by atoms with Crippen LogP contribution >= 0.6 is 0 Å². The maximum Gasteiger partial charge on any atom is 0.260 e. The summed E-state index contributed by atoms with van der Waals surface area (Å²) < 4.78 is 16.4. The van der Waals surface area contributed by atoms with Crippen LogP contribution in [0.4, 0.5) is 0 Å². The number of aryl methyl sites for hydroxylation is 1. The van der Waals surface area contributed by atoms with E-state index in [0.29, 0.717) is 17.7 Å². The summed E-state index contributed by atoms with van der Waals surface area (Å²) in [5.41, 5.74) is 1.83. The lowest BCUT2D eigenvalue weighted by Gasteiger charge is -2.36. The van der Waals surface area contributed by atoms with Crippen molar-refractivity contribution in [1.82, 2.24) is 4.90 Å². The molecule has 1 unspecified atom stereocenters. The molecule has 0 spiro atoms. The Bertz CT molecular complexity index is 909. The second-order valence-corrected chi connectivity index (χ2v) is 8.05. The average molecular weight is 440 g/mol. The topological polar surface area (TPSA) is 65.1 Å². The lowest BCUT2D eigenvalue weighted by Crippen LogP contribution is -2.46. The van der Waals surface area contributed by atoms with Gasteiger partial charge in [0, 0.05) is 24.6 Å². The molecule has 0 bridgehead atoms. The first-order valence-corrected chi connectivity index (χ1v) is 11.3. The monoisotopic (exact) mass is 439 g/mol. The summed E-state index contributed by atoms with van der Waals surface area (Å²) in [6.45, 7) is 2.61. The molecule has 6 heteroatoms. The number of ether oxygens (including phenoxy) is 3. The quantitative estimate of drug-likeness (QED) is 0.503. The van der Waals surface area contributed by atoms with Gasteiger partial charge in [0.05, 0.1) is 14.2 Å². The molecule has 1 saturated heterocycles. The molecule has 3 rings (SSSR count). The molecule has 0 saturated carbocycles. The number of hydrogen-bond acceptors (Lipinski definition) is 5. The third-order valence-corrected chi connectivity index (χ3v) is 6.02. The Morgan fingerprint density at radius 3 is 2.44 bits per heavy atom. The number of rotatable bonds is 10. The first-order chi connectivity index (χ1) is 15.5. The van der Waals surface area contributed by atoms with Crippen LogP contribution in [-0.2, 0) is 11.2 Å². The van der Waals surface area contributed by atoms with Crippen molar-refractivity contribution in [3.8, 4) is 17.2 Å². The molecular weight excluding hydrogens is 406 g/mol. The zero-order valence-corrected chi connectivity index (χ0v) is 19.3. The van der Waals surface area contributed by atoms with E-state index >= 15 is 0 Å². The Morgan fingerprint density at radius 2 is 1.75 bits per heavy atom. The predicted molar refractivity (Wildman–Crippen MR) is 124 cm³/mol. The number of nitrogens with zero attached hydrogens (tertiary/aromatic N) is 1. The highest BCUT2D eigenvalue weighted by molar-refractivity contribution is 5.95. The van der Waals surface area contributed by atoms with Crippen LogP contribution in [0, 0.1) is 0 Å². The maximum atomic E-state index is 12.9. The third-order valence-electron chi connectivity index (χ3n) is 6.02. The van der Waals surface area contributed by atoms with Gasteiger partial charge in [0.25, 0.3) is 5.91 Å². The van der Waals surface area contributed by atoms with Crippen molar-refractivity contribution in [2.45, 2.75) is 51.5 Å². The van der Waals surface area contributed by atoms with Crippen molar-refractivity contribution in [2.75, 3.05) is 27.4 Å². The van der Waals surface area contributed by atoms with Crippen molar-refractivity contribution >= 4 is 11.7 Å². The summed E-state index contributed by atoms with van der Waals surface area (Å²) >= 11 is 0. The number of carbonyl (C=O) groups excluding carboxylic acids is 2. The minimum atomic E-state index is 0.00787. The normalized spacial score (nSPS) is 15.8. The molecule has 172 valence electrons. The number of carbonyl (C=O) groups is 2. The van der Waals surface area contributed by atoms with Crippen LogP contribution < -0.4 is 14.2 Å². The van der Waals surface area contributed by atoms with Gasteiger partial charge in [-0.25, -0.2) is 0 Å². The van der Waals surface area contributed by atoms with Crippen molar-refractivity contribution in [3.05, 3.63) is 53.6 Å². The molecule has 1 heterocycles. The van der Waals surface area contributed by atoms with Crippen LogP contribution in [-0.4, -0.2) is 50.0 Å². The molecule has 0 radical (unpaired) electrons. The number of methoxy groups -OCH3 is 2. The SMILES string of the molecule is CCC(=O)c1ccc(OCC(=O)N2CCCCC2CCc2ccc(OC)c(OC)c2)cc1. The fraction of sp³-hybridized carbons (Fsp3) is 0.462. The first kappa shape index (κ1) is 23.6. The van der Waals surface area contributed by atoms with Crippen molar-refractivity contribution in [3.63, 3.8) is 0 Å². The van der Waals surface area contributed by atoms with E-state index < -0.39 is 0 Å². The molecular formula is C26H33NO5. The lowest BCUT2D eigenvalue weighted by molar-refractivity contribution is -0.137. The van der Waals surface area contributed by atoms with E-state index in [4.69, 9.17) is 14.2 Å². The van der Waals surface area contributed by atoms with Crippen molar-refractivity contribution in [1.29, 1.82) is 0 Å². The highest BCUT2D eigenvalue weighted by Gasteiger charge is 2.26. The molecule has 1 aliphatic rings. The zero-order chi connectivity index (χ0) is 22.9. The molecule has 1 atom stereocenters. The van der Waals surface area contributed by atoms with E-state index in [1.807, 2.05) is 30.0 Å². The molecule has 32 heavy (non-hydrogen) atoms. The van der Waals surface area contributed by atoms with E-state index in [0.717, 1.165) is 50.1 Å². The van der Waals surface area contributed by atoms with Gasteiger partial charge in [0.15, 0.2) is 23.9 Å². The van der Waals surface area contributed by atoms with Crippen LogP contribution in [0.25, 0.3) is 0 Å². The van der Waals surface area contributed by atoms with Crippen LogP contribution in [0.2, 0.25) is 0 Å². The Hall–Kier alpha value is -3.02. The van der Waals surface area contributed by atoms with Crippen LogP contribution in [0.1, 0.15) is 54.9 Å². The van der Waals surface area contributed by atoms with Gasteiger partial charge in [0.1, 0.15) is 5.75 Å². The Kier molecular flexibility index (Phi) is 8.54. The predicted octanol–water partition coefficient (Wildman–Crippen LogP) is 4.69. The second kappa shape index (κ2) is 11.6. The van der Waals surface area contributed by atoms with Crippen LogP contribution in [0.5, 0.6) is 17.2 Å². The molecule has 0 aliphatic carbocycles. The molecule has 0 N–H and O–H groups in total. The number of benzene rings is 2. The van der Waals surface area contributed by atoms with E-state index in [1.165, 1.54) is 5.56 Å². The first-order valence-electron chi connectivity index (χ1n) is 11.3. The van der Waals surface area contributed by atoms with Gasteiger partial charge >= 0.3 is 0 Å². The molecule has 1 fully saturated rings. The van der Waals surface area contributed by atoms with Crippen molar-refractivity contribution in [2.24, 2.45) is 0 Å². The largest absolute Gasteiger partial charge is 0.493 e. The van der Waals surface area contributed by atoms with Crippen LogP contribution in [0.3, 0.4) is 0 Å². The standard InChI is InChI=1S/C26H33NO5/c1-4-23(28)20-10-13-22(14-11-20)32-18-26(29)27-16-6-5-7-21(27)12-8-19-9-15-24(30-2)25(17-19)31-3/h9-11,13-15,17,21H,4-8,12,16,18H2,1-3H3. The summed E-state index contributed by atoms with van der Waals surface area (Å²) in [5.74, 6) is 2.15. The molecule has 2 aromatic rings. The summed E-state index contributed by atoms with van der Waals surface area (Å²) in [6, 6.07) is 13.2. The minimum absolute atomic E-state index is 0.00787. The number of Topliss-reactive ketones (excluding diaryl/α,β-unsaturated/α-hetero) is 1. The smallest absolute Gasteiger partial charge is 0.260 e. The molecule has 2 aromatic carbocycles. The van der Waals surface area contributed by atoms with Gasteiger partial charge in [0.2, 0.25) is 0 Å². The summed E-state index contributed by atoms with van der Waals surface area (Å²) in [4.78, 5) is 26.6. The van der Waals surface area contributed by atoms with Gasteiger partial charge in [-0.15, -0.1) is 0 Å². The highest BCUT2D eigenvalue weighted by atomic mass is 16.5. The van der Waals surface area contributed by atoms with E-state index in [1.54, 1.807) is 38.5 Å². The summed E-state index contributed by atoms with van der Waals surface area (Å²) in [6.07, 6.45) is 5.39. The lowest BCUT2D eigenvalue weighted by atomic mass is 9.95. The molecule has 1 amide bonds. The van der Waals surface area contributed by atoms with Gasteiger partial charge in [-0.05, 0) is 74.1 Å². The molecule has 0 aromatic heterocycles.